The summed E-state index contributed by atoms with van der Waals surface area (Å²) in [4.78, 5) is 0. The molecule has 1 fully saturated rings. The highest BCUT2D eigenvalue weighted by atomic mass is 32.2. The van der Waals surface area contributed by atoms with Crippen molar-refractivity contribution >= 4 is 11.8 Å². The lowest BCUT2D eigenvalue weighted by Crippen LogP contribution is -2.38. The van der Waals surface area contributed by atoms with Crippen molar-refractivity contribution in [1.82, 2.24) is 5.32 Å². The summed E-state index contributed by atoms with van der Waals surface area (Å²) in [6.07, 6.45) is 9.64. The molecule has 1 saturated carbocycles. The van der Waals surface area contributed by atoms with Crippen LogP contribution in [0, 0.1) is 0 Å². The second-order valence-corrected chi connectivity index (χ2v) is 6.96. The van der Waals surface area contributed by atoms with E-state index in [1.807, 2.05) is 6.26 Å². The van der Waals surface area contributed by atoms with Crippen LogP contribution >= 0.6 is 11.8 Å². The summed E-state index contributed by atoms with van der Waals surface area (Å²) >= 11 is 2.13. The van der Waals surface area contributed by atoms with E-state index in [2.05, 4.69) is 30.1 Å². The molecule has 0 aromatic carbocycles. The Morgan fingerprint density at radius 1 is 1.33 bits per heavy atom. The molecule has 0 saturated heterocycles. The lowest BCUT2D eigenvalue weighted by molar-refractivity contribution is 0.376. The summed E-state index contributed by atoms with van der Waals surface area (Å²) in [6.45, 7) is 2.27. The highest BCUT2D eigenvalue weighted by molar-refractivity contribution is 7.99. The topological polar surface area (TPSA) is 25.2 Å². The Morgan fingerprint density at radius 2 is 2.28 bits per heavy atom. The second-order valence-electron chi connectivity index (χ2n) is 5.44. The zero-order valence-corrected chi connectivity index (χ0v) is 12.0. The molecule has 3 rings (SSSR count). The molecule has 18 heavy (non-hydrogen) atoms. The summed E-state index contributed by atoms with van der Waals surface area (Å²) in [5.41, 5.74) is 1.42. The van der Waals surface area contributed by atoms with E-state index in [9.17, 15) is 0 Å². The molecular formula is C15H23NOS. The van der Waals surface area contributed by atoms with Crippen LogP contribution in [0.5, 0.6) is 0 Å². The summed E-state index contributed by atoms with van der Waals surface area (Å²) in [7, 11) is 0. The smallest absolute Gasteiger partial charge is 0.108 e. The van der Waals surface area contributed by atoms with Crippen molar-refractivity contribution in [2.75, 3.05) is 5.75 Å². The van der Waals surface area contributed by atoms with Crippen LogP contribution in [-0.2, 0) is 6.42 Å². The number of hydrogen-bond donors (Lipinski definition) is 1. The third kappa shape index (κ3) is 2.48. The highest BCUT2D eigenvalue weighted by Gasteiger charge is 2.31. The summed E-state index contributed by atoms with van der Waals surface area (Å²) in [5.74, 6) is 2.46. The first kappa shape index (κ1) is 12.6. The van der Waals surface area contributed by atoms with E-state index < -0.39 is 0 Å². The average molecular weight is 265 g/mol. The van der Waals surface area contributed by atoms with Crippen LogP contribution in [0.3, 0.4) is 0 Å². The van der Waals surface area contributed by atoms with Gasteiger partial charge in [0.2, 0.25) is 0 Å². The zero-order valence-electron chi connectivity index (χ0n) is 11.2. The number of fused-ring (bicyclic) bond motifs is 1. The Hall–Kier alpha value is -0.410. The van der Waals surface area contributed by atoms with Gasteiger partial charge in [0.1, 0.15) is 5.76 Å². The van der Waals surface area contributed by atoms with Gasteiger partial charge in [-0.15, -0.1) is 0 Å². The normalized spacial score (nSPS) is 31.5. The van der Waals surface area contributed by atoms with Crippen LogP contribution in [-0.4, -0.2) is 17.0 Å². The Labute approximate surface area is 114 Å². The monoisotopic (exact) mass is 265 g/mol. The van der Waals surface area contributed by atoms with E-state index in [4.69, 9.17) is 4.42 Å². The van der Waals surface area contributed by atoms with Crippen molar-refractivity contribution < 1.29 is 4.42 Å². The van der Waals surface area contributed by atoms with Gasteiger partial charge in [-0.1, -0.05) is 13.3 Å². The molecule has 2 aliphatic rings. The maximum absolute atomic E-state index is 5.58. The first-order chi connectivity index (χ1) is 8.88. The van der Waals surface area contributed by atoms with Gasteiger partial charge in [-0.25, -0.2) is 0 Å². The van der Waals surface area contributed by atoms with E-state index in [0.717, 1.165) is 11.7 Å². The third-order valence-electron chi connectivity index (χ3n) is 4.30. The molecule has 1 aromatic rings. The van der Waals surface area contributed by atoms with Gasteiger partial charge in [0.15, 0.2) is 0 Å². The molecule has 2 nitrogen and oxygen atoms in total. The third-order valence-corrected chi connectivity index (χ3v) is 5.63. The minimum Gasteiger partial charge on any atom is -0.469 e. The van der Waals surface area contributed by atoms with Crippen molar-refractivity contribution in [1.29, 1.82) is 0 Å². The Balaban J connectivity index is 1.67. The van der Waals surface area contributed by atoms with Crippen LogP contribution in [0.15, 0.2) is 16.7 Å². The molecule has 3 unspecified atom stereocenters. The summed E-state index contributed by atoms with van der Waals surface area (Å²) in [5, 5.41) is 4.74. The molecule has 1 N–H and O–H groups in total. The fourth-order valence-electron chi connectivity index (χ4n) is 3.45. The van der Waals surface area contributed by atoms with E-state index in [-0.39, 0.29) is 0 Å². The molecule has 1 heterocycles. The molecule has 0 spiro atoms. The molecule has 2 aliphatic carbocycles. The van der Waals surface area contributed by atoms with Gasteiger partial charge in [-0.05, 0) is 37.5 Å². The molecule has 0 bridgehead atoms. The molecular weight excluding hydrogens is 242 g/mol. The molecule has 1 aromatic heterocycles. The van der Waals surface area contributed by atoms with E-state index in [1.54, 1.807) is 0 Å². The number of nitrogens with one attached hydrogen (secondary N) is 1. The van der Waals surface area contributed by atoms with Crippen LogP contribution in [0.25, 0.3) is 0 Å². The predicted octanol–water partition coefficient (Wildman–Crippen LogP) is 3.92. The Kier molecular flexibility index (Phi) is 4.00. The maximum atomic E-state index is 5.58. The van der Waals surface area contributed by atoms with Crippen LogP contribution in [0.2, 0.25) is 0 Å². The molecule has 0 radical (unpaired) electrons. The standard InChI is InChI=1S/C15H23NOS/c1-2-18-15-8-4-6-13(15)16-12-5-3-7-14-11(12)9-10-17-14/h9-10,12-13,15-16H,2-8H2,1H3. The number of hydrogen-bond acceptors (Lipinski definition) is 3. The average Bonchev–Trinajstić information content (AvgIpc) is 3.00. The Bertz CT molecular complexity index is 390. The van der Waals surface area contributed by atoms with Gasteiger partial charge in [0, 0.05) is 29.3 Å². The highest BCUT2D eigenvalue weighted by Crippen LogP contribution is 2.35. The van der Waals surface area contributed by atoms with Crippen molar-refractivity contribution in [2.24, 2.45) is 0 Å². The van der Waals surface area contributed by atoms with E-state index in [1.165, 1.54) is 49.2 Å². The quantitative estimate of drug-likeness (QED) is 0.893. The predicted molar refractivity (Wildman–Crippen MR) is 77.1 cm³/mol. The van der Waals surface area contributed by atoms with Gasteiger partial charge < -0.3 is 9.73 Å². The maximum Gasteiger partial charge on any atom is 0.108 e. The molecule has 3 heteroatoms. The molecule has 0 aliphatic heterocycles. The SMILES string of the molecule is CCSC1CCCC1NC1CCCc2occc21. The molecule has 0 amide bonds. The lowest BCUT2D eigenvalue weighted by atomic mass is 9.92. The van der Waals surface area contributed by atoms with Gasteiger partial charge in [0.05, 0.1) is 6.26 Å². The number of thioether (sulfide) groups is 1. The zero-order chi connectivity index (χ0) is 12.4. The fraction of sp³-hybridized carbons (Fsp3) is 0.733. The van der Waals surface area contributed by atoms with Crippen LogP contribution in [0.1, 0.15) is 56.4 Å². The molecule has 3 atom stereocenters. The van der Waals surface area contributed by atoms with E-state index >= 15 is 0 Å². The van der Waals surface area contributed by atoms with Crippen molar-refractivity contribution in [3.63, 3.8) is 0 Å². The van der Waals surface area contributed by atoms with Crippen molar-refractivity contribution in [2.45, 2.75) is 62.8 Å². The number of furan rings is 1. The Morgan fingerprint density at radius 3 is 3.17 bits per heavy atom. The summed E-state index contributed by atoms with van der Waals surface area (Å²) < 4.78 is 5.58. The number of rotatable bonds is 4. The first-order valence-corrected chi connectivity index (χ1v) is 8.37. The minimum atomic E-state index is 0.538. The van der Waals surface area contributed by atoms with E-state index in [0.29, 0.717) is 12.1 Å². The van der Waals surface area contributed by atoms with Crippen LogP contribution in [0.4, 0.5) is 0 Å². The largest absolute Gasteiger partial charge is 0.469 e. The van der Waals surface area contributed by atoms with Gasteiger partial charge in [-0.2, -0.15) is 11.8 Å². The van der Waals surface area contributed by atoms with Crippen molar-refractivity contribution in [3.8, 4) is 0 Å². The fourth-order valence-corrected chi connectivity index (χ4v) is 4.66. The van der Waals surface area contributed by atoms with Gasteiger partial charge >= 0.3 is 0 Å². The first-order valence-electron chi connectivity index (χ1n) is 7.32. The van der Waals surface area contributed by atoms with Crippen molar-refractivity contribution in [3.05, 3.63) is 23.7 Å². The lowest BCUT2D eigenvalue weighted by Gasteiger charge is -2.29. The number of aryl methyl sites for hydroxylation is 1. The van der Waals surface area contributed by atoms with Gasteiger partial charge in [-0.3, -0.25) is 0 Å². The van der Waals surface area contributed by atoms with Crippen LogP contribution < -0.4 is 5.32 Å². The van der Waals surface area contributed by atoms with Gasteiger partial charge in [0.25, 0.3) is 0 Å². The summed E-state index contributed by atoms with van der Waals surface area (Å²) in [6, 6.07) is 3.42. The second kappa shape index (κ2) is 5.70. The molecule has 100 valence electrons. The minimum absolute atomic E-state index is 0.538.